The molecule has 0 aliphatic carbocycles. The molecule has 0 fully saturated rings. The summed E-state index contributed by atoms with van der Waals surface area (Å²) < 4.78 is 0. The van der Waals surface area contributed by atoms with Crippen molar-refractivity contribution in [2.45, 2.75) is 45.9 Å². The molecule has 0 saturated heterocycles. The molecule has 0 aliphatic rings. The first-order valence-electron chi connectivity index (χ1n) is 14.7. The van der Waals surface area contributed by atoms with Gasteiger partial charge in [0, 0.05) is 69.8 Å². The average molecular weight is 571 g/mol. The molecule has 0 atom stereocenters. The Hall–Kier alpha value is -3.13. The predicted molar refractivity (Wildman–Crippen MR) is 170 cm³/mol. The number of benzene rings is 2. The summed E-state index contributed by atoms with van der Waals surface area (Å²) in [6.45, 7) is 10.1. The number of hydrogen-bond donors (Lipinski definition) is 3. The van der Waals surface area contributed by atoms with E-state index in [9.17, 15) is 0 Å². The van der Waals surface area contributed by atoms with Crippen molar-refractivity contribution in [3.8, 4) is 0 Å². The van der Waals surface area contributed by atoms with Crippen molar-refractivity contribution in [1.82, 2.24) is 30.8 Å². The van der Waals surface area contributed by atoms with Gasteiger partial charge in [0.05, 0.1) is 11.4 Å². The lowest BCUT2D eigenvalue weighted by atomic mass is 10.1. The van der Waals surface area contributed by atoms with Gasteiger partial charge in [-0.1, -0.05) is 73.1 Å². The zero-order valence-electron chi connectivity index (χ0n) is 24.2. The van der Waals surface area contributed by atoms with Gasteiger partial charge in [0.1, 0.15) is 0 Å². The quantitative estimate of drug-likeness (QED) is 0.139. The Morgan fingerprint density at radius 1 is 0.634 bits per heavy atom. The van der Waals surface area contributed by atoms with Crippen molar-refractivity contribution >= 4 is 11.6 Å². The van der Waals surface area contributed by atoms with Gasteiger partial charge in [0.25, 0.3) is 0 Å². The van der Waals surface area contributed by atoms with E-state index in [1.165, 1.54) is 22.3 Å². The van der Waals surface area contributed by atoms with Crippen LogP contribution in [0.25, 0.3) is 0 Å². The number of nitrogens with one attached hydrogen (secondary N) is 3. The van der Waals surface area contributed by atoms with Gasteiger partial charge >= 0.3 is 0 Å². The molecule has 3 N–H and O–H groups in total. The van der Waals surface area contributed by atoms with E-state index in [4.69, 9.17) is 11.6 Å². The van der Waals surface area contributed by atoms with Gasteiger partial charge in [-0.15, -0.1) is 0 Å². The van der Waals surface area contributed by atoms with Gasteiger partial charge in [-0.25, -0.2) is 0 Å². The molecule has 4 aromatic rings. The van der Waals surface area contributed by atoms with E-state index in [1.807, 2.05) is 36.7 Å². The molecule has 2 heterocycles. The molecule has 2 aromatic carbocycles. The van der Waals surface area contributed by atoms with Crippen molar-refractivity contribution in [2.24, 2.45) is 0 Å². The van der Waals surface area contributed by atoms with Crippen molar-refractivity contribution < 1.29 is 0 Å². The summed E-state index contributed by atoms with van der Waals surface area (Å²) in [7, 11) is 0. The van der Waals surface area contributed by atoms with Gasteiger partial charge in [-0.2, -0.15) is 0 Å². The van der Waals surface area contributed by atoms with Crippen LogP contribution in [-0.4, -0.2) is 47.6 Å². The normalized spacial score (nSPS) is 11.3. The molecule has 0 radical (unpaired) electrons. The van der Waals surface area contributed by atoms with Crippen LogP contribution in [0.2, 0.25) is 5.02 Å². The highest BCUT2D eigenvalue weighted by atomic mass is 35.5. The molecule has 0 bridgehead atoms. The summed E-state index contributed by atoms with van der Waals surface area (Å²) in [5.74, 6) is 0. The third kappa shape index (κ3) is 11.0. The van der Waals surface area contributed by atoms with Crippen LogP contribution >= 0.6 is 11.6 Å². The molecule has 2 aromatic heterocycles. The Balaban J connectivity index is 1.22. The summed E-state index contributed by atoms with van der Waals surface area (Å²) >= 11 is 6.55. The number of aryl methyl sites for hydroxylation is 1. The van der Waals surface area contributed by atoms with Crippen LogP contribution in [0.1, 0.15) is 40.6 Å². The first-order chi connectivity index (χ1) is 20.2. The maximum atomic E-state index is 6.55. The minimum Gasteiger partial charge on any atom is -0.312 e. The standard InChI is InChI=1S/C34H43ClN6/c1-2-30-8-7-9-31(34(30)35)16-19-36-24-28-12-14-29(15-13-28)27-41(22-20-37-25-32-10-3-5-17-39-32)23-21-38-26-33-11-4-6-18-40-33/h3-15,17-18,36-38H,2,16,19-27H2,1H3. The zero-order chi connectivity index (χ0) is 28.5. The van der Waals surface area contributed by atoms with E-state index in [-0.39, 0.29) is 0 Å². The summed E-state index contributed by atoms with van der Waals surface area (Å²) in [5.41, 5.74) is 7.20. The molecule has 7 heteroatoms. The number of halogens is 1. The average Bonchev–Trinajstić information content (AvgIpc) is 3.02. The third-order valence-electron chi connectivity index (χ3n) is 7.14. The molecule has 216 valence electrons. The lowest BCUT2D eigenvalue weighted by Gasteiger charge is -2.23. The molecule has 0 amide bonds. The van der Waals surface area contributed by atoms with Crippen LogP contribution < -0.4 is 16.0 Å². The number of pyridine rings is 2. The van der Waals surface area contributed by atoms with Crippen LogP contribution in [-0.2, 0) is 39.0 Å². The highest BCUT2D eigenvalue weighted by molar-refractivity contribution is 6.32. The SMILES string of the molecule is CCc1cccc(CCNCc2ccc(CN(CCNCc3ccccn3)CCNCc3ccccn3)cc2)c1Cl. The monoisotopic (exact) mass is 570 g/mol. The van der Waals surface area contributed by atoms with Crippen molar-refractivity contribution in [2.75, 3.05) is 32.7 Å². The summed E-state index contributed by atoms with van der Waals surface area (Å²) in [6, 6.07) is 27.4. The van der Waals surface area contributed by atoms with Crippen LogP contribution in [0, 0.1) is 0 Å². The highest BCUT2D eigenvalue weighted by Crippen LogP contribution is 2.22. The molecular weight excluding hydrogens is 528 g/mol. The molecular formula is C34H43ClN6. The van der Waals surface area contributed by atoms with E-state index < -0.39 is 0 Å². The Kier molecular flexibility index (Phi) is 13.3. The second kappa shape index (κ2) is 17.6. The smallest absolute Gasteiger partial charge is 0.0541 e. The van der Waals surface area contributed by atoms with E-state index in [2.05, 4.69) is 92.3 Å². The second-order valence-electron chi connectivity index (χ2n) is 10.3. The maximum Gasteiger partial charge on any atom is 0.0541 e. The second-order valence-corrected chi connectivity index (χ2v) is 10.6. The lowest BCUT2D eigenvalue weighted by molar-refractivity contribution is 0.263. The Morgan fingerprint density at radius 2 is 1.22 bits per heavy atom. The van der Waals surface area contributed by atoms with Crippen LogP contribution in [0.4, 0.5) is 0 Å². The maximum absolute atomic E-state index is 6.55. The Labute approximate surface area is 250 Å². The molecule has 0 spiro atoms. The Morgan fingerprint density at radius 3 is 1.80 bits per heavy atom. The fraction of sp³-hybridized carbons (Fsp3) is 0.353. The van der Waals surface area contributed by atoms with E-state index >= 15 is 0 Å². The van der Waals surface area contributed by atoms with Crippen molar-refractivity contribution in [1.29, 1.82) is 0 Å². The van der Waals surface area contributed by atoms with E-state index in [1.54, 1.807) is 0 Å². The van der Waals surface area contributed by atoms with Gasteiger partial charge < -0.3 is 16.0 Å². The molecule has 41 heavy (non-hydrogen) atoms. The van der Waals surface area contributed by atoms with Gasteiger partial charge in [0.2, 0.25) is 0 Å². The largest absolute Gasteiger partial charge is 0.312 e. The zero-order valence-corrected chi connectivity index (χ0v) is 24.9. The minimum absolute atomic E-state index is 0.782. The fourth-order valence-corrected chi connectivity index (χ4v) is 5.11. The van der Waals surface area contributed by atoms with Crippen molar-refractivity contribution in [3.05, 3.63) is 130 Å². The van der Waals surface area contributed by atoms with Gasteiger partial charge in [0.15, 0.2) is 0 Å². The van der Waals surface area contributed by atoms with E-state index in [0.717, 1.165) is 88.2 Å². The molecule has 0 aliphatic heterocycles. The molecule has 4 rings (SSSR count). The summed E-state index contributed by atoms with van der Waals surface area (Å²) in [4.78, 5) is 11.3. The first-order valence-corrected chi connectivity index (χ1v) is 15.1. The third-order valence-corrected chi connectivity index (χ3v) is 7.63. The topological polar surface area (TPSA) is 65.1 Å². The van der Waals surface area contributed by atoms with Gasteiger partial charge in [-0.05, 0) is 65.9 Å². The molecule has 0 unspecified atom stereocenters. The fourth-order valence-electron chi connectivity index (χ4n) is 4.76. The highest BCUT2D eigenvalue weighted by Gasteiger charge is 2.08. The van der Waals surface area contributed by atoms with Gasteiger partial charge in [-0.3, -0.25) is 14.9 Å². The summed E-state index contributed by atoms with van der Waals surface area (Å²) in [5, 5.41) is 11.6. The van der Waals surface area contributed by atoms with E-state index in [0.29, 0.717) is 0 Å². The molecule has 6 nitrogen and oxygen atoms in total. The number of rotatable bonds is 18. The molecule has 0 saturated carbocycles. The lowest BCUT2D eigenvalue weighted by Crippen LogP contribution is -2.36. The van der Waals surface area contributed by atoms with Crippen LogP contribution in [0.5, 0.6) is 0 Å². The minimum atomic E-state index is 0.782. The number of aromatic nitrogens is 2. The summed E-state index contributed by atoms with van der Waals surface area (Å²) in [6.07, 6.45) is 5.59. The van der Waals surface area contributed by atoms with Crippen molar-refractivity contribution in [3.63, 3.8) is 0 Å². The Bertz CT molecular complexity index is 1220. The number of hydrogen-bond acceptors (Lipinski definition) is 6. The van der Waals surface area contributed by atoms with Crippen LogP contribution in [0.3, 0.4) is 0 Å². The first kappa shape index (κ1) is 30.8. The van der Waals surface area contributed by atoms with Crippen LogP contribution in [0.15, 0.2) is 91.3 Å². The predicted octanol–water partition coefficient (Wildman–Crippen LogP) is 5.41. The number of nitrogens with zero attached hydrogens (tertiary/aromatic N) is 3.